The molecule has 0 unspecified atom stereocenters. The SMILES string of the molecule is CC1CCC([Si](O[Si](c2ccccc2)(c2ccccc2)C2CCC(C)CC2)(c2ccccc2)c2ccccc2)CC1. The van der Waals surface area contributed by atoms with Crippen LogP contribution in [0.25, 0.3) is 0 Å². The molecule has 4 aromatic carbocycles. The molecule has 0 radical (unpaired) electrons. The van der Waals surface area contributed by atoms with Gasteiger partial charge in [-0.1, -0.05) is 161 Å². The van der Waals surface area contributed by atoms with Gasteiger partial charge >= 0.3 is 0 Å². The zero-order valence-corrected chi connectivity index (χ0v) is 26.9. The molecule has 0 bridgehead atoms. The molecule has 0 saturated heterocycles. The van der Waals surface area contributed by atoms with Gasteiger partial charge in [-0.25, -0.2) is 0 Å². The van der Waals surface area contributed by atoms with Crippen molar-refractivity contribution in [2.24, 2.45) is 11.8 Å². The second kappa shape index (κ2) is 12.6. The average Bonchev–Trinajstić information content (AvgIpc) is 3.05. The van der Waals surface area contributed by atoms with Crippen LogP contribution in [0.5, 0.6) is 0 Å². The standard InChI is InChI=1S/C38H46OSi2/c1-31-23-27-37(28-24-31)40(33-15-7-3-8-16-33,34-17-9-4-10-18-34)39-41(35-19-11-5-12-20-35,36-21-13-6-14-22-36)38-29-25-32(2)26-30-38/h3-22,31-32,37-38H,23-30H2,1-2H3. The van der Waals surface area contributed by atoms with Crippen molar-refractivity contribution in [3.8, 4) is 0 Å². The molecule has 0 spiro atoms. The summed E-state index contributed by atoms with van der Waals surface area (Å²) in [6.45, 7) is 4.89. The lowest BCUT2D eigenvalue weighted by molar-refractivity contribution is 0.348. The Morgan fingerprint density at radius 3 is 0.878 bits per heavy atom. The molecule has 1 nitrogen and oxygen atoms in total. The fraction of sp³-hybridized carbons (Fsp3) is 0.368. The molecule has 2 saturated carbocycles. The van der Waals surface area contributed by atoms with Gasteiger partial charge in [0, 0.05) is 0 Å². The lowest BCUT2D eigenvalue weighted by Gasteiger charge is -2.51. The van der Waals surface area contributed by atoms with Gasteiger partial charge in [-0.05, 0) is 69.3 Å². The summed E-state index contributed by atoms with van der Waals surface area (Å²) in [4.78, 5) is 0. The van der Waals surface area contributed by atoms with Crippen LogP contribution in [-0.2, 0) is 4.12 Å². The molecule has 0 aliphatic heterocycles. The van der Waals surface area contributed by atoms with Crippen molar-refractivity contribution in [3.05, 3.63) is 121 Å². The van der Waals surface area contributed by atoms with Crippen LogP contribution in [0.15, 0.2) is 121 Å². The van der Waals surface area contributed by atoms with Crippen molar-refractivity contribution >= 4 is 37.4 Å². The van der Waals surface area contributed by atoms with Gasteiger partial charge in [-0.15, -0.1) is 0 Å². The van der Waals surface area contributed by atoms with Crippen LogP contribution in [0.1, 0.15) is 65.2 Å². The van der Waals surface area contributed by atoms with Crippen LogP contribution in [0.3, 0.4) is 0 Å². The summed E-state index contributed by atoms with van der Waals surface area (Å²) in [6, 6.07) is 46.1. The van der Waals surface area contributed by atoms with E-state index >= 15 is 0 Å². The molecule has 0 heterocycles. The quantitative estimate of drug-likeness (QED) is 0.196. The number of rotatable bonds is 8. The molecule has 2 fully saturated rings. The molecule has 0 N–H and O–H groups in total. The lowest BCUT2D eigenvalue weighted by atomic mass is 9.90. The minimum atomic E-state index is -2.72. The van der Waals surface area contributed by atoms with Crippen molar-refractivity contribution in [2.75, 3.05) is 0 Å². The average molecular weight is 575 g/mol. The van der Waals surface area contributed by atoms with E-state index in [1.54, 1.807) is 0 Å². The molecular formula is C38H46OSi2. The monoisotopic (exact) mass is 574 g/mol. The van der Waals surface area contributed by atoms with E-state index in [2.05, 4.69) is 135 Å². The fourth-order valence-corrected chi connectivity index (χ4v) is 20.9. The molecule has 2 aliphatic carbocycles. The summed E-state index contributed by atoms with van der Waals surface area (Å²) in [5.74, 6) is 1.60. The maximum atomic E-state index is 8.60. The van der Waals surface area contributed by atoms with Gasteiger partial charge in [0.15, 0.2) is 0 Å². The van der Waals surface area contributed by atoms with Crippen molar-refractivity contribution in [3.63, 3.8) is 0 Å². The van der Waals surface area contributed by atoms with Crippen LogP contribution >= 0.6 is 0 Å². The predicted molar refractivity (Wildman–Crippen MR) is 180 cm³/mol. The third-order valence-corrected chi connectivity index (χ3v) is 21.1. The Bertz CT molecular complexity index is 1160. The van der Waals surface area contributed by atoms with E-state index in [0.717, 1.165) is 11.8 Å². The van der Waals surface area contributed by atoms with Crippen LogP contribution in [0.4, 0.5) is 0 Å². The summed E-state index contributed by atoms with van der Waals surface area (Å²) in [5.41, 5.74) is 1.12. The summed E-state index contributed by atoms with van der Waals surface area (Å²) in [6.07, 6.45) is 10.2. The first-order valence-electron chi connectivity index (χ1n) is 16.0. The van der Waals surface area contributed by atoms with E-state index in [9.17, 15) is 0 Å². The Hall–Kier alpha value is -2.73. The topological polar surface area (TPSA) is 9.23 Å². The van der Waals surface area contributed by atoms with Gasteiger partial charge in [0.05, 0.1) is 0 Å². The van der Waals surface area contributed by atoms with Gasteiger partial charge in [0.1, 0.15) is 0 Å². The van der Waals surface area contributed by atoms with Gasteiger partial charge in [0.2, 0.25) is 16.6 Å². The highest BCUT2D eigenvalue weighted by Gasteiger charge is 2.57. The predicted octanol–water partition coefficient (Wildman–Crippen LogP) is 7.68. The van der Waals surface area contributed by atoms with Crippen molar-refractivity contribution in [2.45, 2.75) is 76.3 Å². The molecular weight excluding hydrogens is 529 g/mol. The molecule has 212 valence electrons. The molecule has 0 atom stereocenters. The largest absolute Gasteiger partial charge is 0.441 e. The van der Waals surface area contributed by atoms with Gasteiger partial charge in [-0.2, -0.15) is 0 Å². The Labute approximate surface area is 250 Å². The number of hydrogen-bond acceptors (Lipinski definition) is 1. The van der Waals surface area contributed by atoms with E-state index in [0.29, 0.717) is 11.1 Å². The van der Waals surface area contributed by atoms with E-state index in [1.165, 1.54) is 72.1 Å². The van der Waals surface area contributed by atoms with Gasteiger partial charge < -0.3 is 4.12 Å². The second-order valence-electron chi connectivity index (χ2n) is 13.0. The summed E-state index contributed by atoms with van der Waals surface area (Å²) >= 11 is 0. The molecule has 2 aliphatic rings. The molecule has 6 rings (SSSR count). The maximum Gasteiger partial charge on any atom is 0.248 e. The molecule has 0 aromatic heterocycles. The van der Waals surface area contributed by atoms with Crippen molar-refractivity contribution in [1.82, 2.24) is 0 Å². The minimum absolute atomic E-state index is 0.560. The van der Waals surface area contributed by atoms with E-state index in [4.69, 9.17) is 4.12 Å². The second-order valence-corrected chi connectivity index (χ2v) is 20.7. The van der Waals surface area contributed by atoms with Crippen LogP contribution < -0.4 is 20.7 Å². The Morgan fingerprint density at radius 2 is 0.634 bits per heavy atom. The van der Waals surface area contributed by atoms with Crippen LogP contribution in [-0.4, -0.2) is 16.6 Å². The summed E-state index contributed by atoms with van der Waals surface area (Å²) < 4.78 is 8.60. The number of hydrogen-bond donors (Lipinski definition) is 0. The number of benzene rings is 4. The molecule has 41 heavy (non-hydrogen) atoms. The van der Waals surface area contributed by atoms with Gasteiger partial charge in [0.25, 0.3) is 0 Å². The first-order valence-corrected chi connectivity index (χ1v) is 20.0. The van der Waals surface area contributed by atoms with Gasteiger partial charge in [-0.3, -0.25) is 0 Å². The smallest absolute Gasteiger partial charge is 0.248 e. The van der Waals surface area contributed by atoms with E-state index < -0.39 is 16.6 Å². The van der Waals surface area contributed by atoms with E-state index in [1.807, 2.05) is 0 Å². The Kier molecular flexibility index (Phi) is 8.76. The summed E-state index contributed by atoms with van der Waals surface area (Å²) in [7, 11) is -5.43. The third-order valence-electron chi connectivity index (χ3n) is 10.3. The molecule has 3 heteroatoms. The maximum absolute atomic E-state index is 8.60. The Balaban J connectivity index is 1.65. The zero-order valence-electron chi connectivity index (χ0n) is 24.9. The first-order chi connectivity index (χ1) is 20.1. The highest BCUT2D eigenvalue weighted by molar-refractivity contribution is 7.10. The third kappa shape index (κ3) is 5.57. The highest BCUT2D eigenvalue weighted by Crippen LogP contribution is 2.45. The first kappa shape index (κ1) is 28.4. The minimum Gasteiger partial charge on any atom is -0.441 e. The zero-order chi connectivity index (χ0) is 28.1. The van der Waals surface area contributed by atoms with Crippen LogP contribution in [0.2, 0.25) is 11.1 Å². The normalized spacial score (nSPS) is 23.7. The Morgan fingerprint density at radius 1 is 0.390 bits per heavy atom. The van der Waals surface area contributed by atoms with Crippen molar-refractivity contribution < 1.29 is 4.12 Å². The summed E-state index contributed by atoms with van der Waals surface area (Å²) in [5, 5.41) is 5.83. The molecule has 0 amide bonds. The molecule has 4 aromatic rings. The highest BCUT2D eigenvalue weighted by atomic mass is 28.4. The fourth-order valence-electron chi connectivity index (χ4n) is 8.01. The van der Waals surface area contributed by atoms with Crippen LogP contribution in [0, 0.1) is 11.8 Å². The van der Waals surface area contributed by atoms with Crippen molar-refractivity contribution in [1.29, 1.82) is 0 Å². The lowest BCUT2D eigenvalue weighted by Crippen LogP contribution is -2.76. The van der Waals surface area contributed by atoms with E-state index in [-0.39, 0.29) is 0 Å².